The molecule has 2 rings (SSSR count). The van der Waals surface area contributed by atoms with Crippen LogP contribution >= 0.6 is 23.1 Å². The van der Waals surface area contributed by atoms with Gasteiger partial charge >= 0.3 is 0 Å². The van der Waals surface area contributed by atoms with Gasteiger partial charge in [0.1, 0.15) is 0 Å². The summed E-state index contributed by atoms with van der Waals surface area (Å²) in [5, 5.41) is 3.07. The quantitative estimate of drug-likeness (QED) is 0.912. The summed E-state index contributed by atoms with van der Waals surface area (Å²) < 4.78 is 0. The largest absolute Gasteiger partial charge is 0.351 e. The lowest BCUT2D eigenvalue weighted by Gasteiger charge is -2.21. The van der Waals surface area contributed by atoms with Gasteiger partial charge in [0.15, 0.2) is 0 Å². The number of nitrogens with one attached hydrogen (secondary N) is 1. The van der Waals surface area contributed by atoms with Crippen molar-refractivity contribution >= 4 is 29.0 Å². The number of carbonyl (C=O) groups excluding carboxylic acids is 1. The van der Waals surface area contributed by atoms with E-state index in [4.69, 9.17) is 0 Å². The predicted octanol–water partition coefficient (Wildman–Crippen LogP) is 3.24. The molecule has 1 aromatic rings. The van der Waals surface area contributed by atoms with Crippen molar-refractivity contribution in [1.29, 1.82) is 0 Å². The van der Waals surface area contributed by atoms with Crippen molar-refractivity contribution in [2.45, 2.75) is 26.7 Å². The Labute approximate surface area is 111 Å². The molecule has 0 unspecified atom stereocenters. The number of hydrogen-bond donors (Lipinski definition) is 1. The van der Waals surface area contributed by atoms with Crippen LogP contribution in [0.15, 0.2) is 6.07 Å². The van der Waals surface area contributed by atoms with Crippen molar-refractivity contribution in [1.82, 2.24) is 5.32 Å². The average molecular weight is 269 g/mol. The molecule has 0 aliphatic carbocycles. The molecule has 0 bridgehead atoms. The highest BCUT2D eigenvalue weighted by Crippen LogP contribution is 2.23. The summed E-state index contributed by atoms with van der Waals surface area (Å²) in [6, 6.07) is 1.99. The zero-order valence-corrected chi connectivity index (χ0v) is 12.0. The molecular weight excluding hydrogens is 250 g/mol. The molecule has 1 saturated heterocycles. The van der Waals surface area contributed by atoms with Gasteiger partial charge in [-0.05, 0) is 55.7 Å². The average Bonchev–Trinajstić information content (AvgIpc) is 2.68. The molecular formula is C13H19NOS2. The van der Waals surface area contributed by atoms with Gasteiger partial charge in [-0.15, -0.1) is 11.3 Å². The van der Waals surface area contributed by atoms with E-state index >= 15 is 0 Å². The van der Waals surface area contributed by atoms with Gasteiger partial charge in [-0.25, -0.2) is 0 Å². The van der Waals surface area contributed by atoms with Crippen molar-refractivity contribution in [3.63, 3.8) is 0 Å². The van der Waals surface area contributed by atoms with E-state index < -0.39 is 0 Å². The highest BCUT2D eigenvalue weighted by molar-refractivity contribution is 7.99. The Morgan fingerprint density at radius 1 is 1.41 bits per heavy atom. The van der Waals surface area contributed by atoms with Crippen LogP contribution in [0, 0.1) is 19.8 Å². The molecule has 94 valence electrons. The molecule has 4 heteroatoms. The Hall–Kier alpha value is -0.480. The van der Waals surface area contributed by atoms with Crippen molar-refractivity contribution in [2.24, 2.45) is 5.92 Å². The minimum absolute atomic E-state index is 0.101. The van der Waals surface area contributed by atoms with Crippen LogP contribution in [0.1, 0.15) is 33.0 Å². The van der Waals surface area contributed by atoms with Gasteiger partial charge in [0, 0.05) is 11.4 Å². The molecule has 1 N–H and O–H groups in total. The Kier molecular flexibility index (Phi) is 4.51. The fourth-order valence-corrected chi connectivity index (χ4v) is 4.11. The van der Waals surface area contributed by atoms with Crippen LogP contribution in [0.2, 0.25) is 0 Å². The van der Waals surface area contributed by atoms with E-state index in [1.807, 2.05) is 17.8 Å². The van der Waals surface area contributed by atoms with Gasteiger partial charge in [0.2, 0.25) is 0 Å². The molecule has 1 aliphatic heterocycles. The van der Waals surface area contributed by atoms with Crippen molar-refractivity contribution in [3.8, 4) is 0 Å². The number of aryl methyl sites for hydroxylation is 2. The summed E-state index contributed by atoms with van der Waals surface area (Å²) in [6.45, 7) is 4.96. The molecule has 2 nitrogen and oxygen atoms in total. The van der Waals surface area contributed by atoms with Gasteiger partial charge in [-0.2, -0.15) is 11.8 Å². The van der Waals surface area contributed by atoms with Gasteiger partial charge in [0.05, 0.1) is 4.88 Å². The maximum Gasteiger partial charge on any atom is 0.261 e. The molecule has 1 aromatic heterocycles. The first-order valence-electron chi connectivity index (χ1n) is 6.10. The second-order valence-corrected chi connectivity index (χ2v) is 7.10. The summed E-state index contributed by atoms with van der Waals surface area (Å²) >= 11 is 3.62. The van der Waals surface area contributed by atoms with Crippen molar-refractivity contribution < 1.29 is 4.79 Å². The summed E-state index contributed by atoms with van der Waals surface area (Å²) in [6.07, 6.45) is 2.49. The minimum Gasteiger partial charge on any atom is -0.351 e. The smallest absolute Gasteiger partial charge is 0.261 e. The van der Waals surface area contributed by atoms with E-state index in [9.17, 15) is 4.79 Å². The van der Waals surface area contributed by atoms with Gasteiger partial charge in [-0.3, -0.25) is 4.79 Å². The van der Waals surface area contributed by atoms with E-state index in [-0.39, 0.29) is 5.91 Å². The number of rotatable bonds is 3. The van der Waals surface area contributed by atoms with E-state index in [0.29, 0.717) is 5.92 Å². The summed E-state index contributed by atoms with van der Waals surface area (Å²) in [7, 11) is 0. The first-order chi connectivity index (χ1) is 8.16. The second kappa shape index (κ2) is 5.91. The van der Waals surface area contributed by atoms with Gasteiger partial charge in [0.25, 0.3) is 5.91 Å². The molecule has 0 radical (unpaired) electrons. The number of thioether (sulfide) groups is 1. The third-order valence-electron chi connectivity index (χ3n) is 3.28. The highest BCUT2D eigenvalue weighted by atomic mass is 32.2. The number of hydrogen-bond acceptors (Lipinski definition) is 3. The Balaban J connectivity index is 1.84. The van der Waals surface area contributed by atoms with Crippen LogP contribution < -0.4 is 5.32 Å². The Morgan fingerprint density at radius 2 is 2.12 bits per heavy atom. The molecule has 0 aromatic carbocycles. The maximum atomic E-state index is 11.9. The molecule has 2 heterocycles. The first-order valence-corrected chi connectivity index (χ1v) is 8.07. The molecule has 17 heavy (non-hydrogen) atoms. The lowest BCUT2D eigenvalue weighted by atomic mass is 10.0. The van der Waals surface area contributed by atoms with E-state index in [2.05, 4.69) is 19.2 Å². The monoisotopic (exact) mass is 269 g/mol. The van der Waals surface area contributed by atoms with Crippen molar-refractivity contribution in [2.75, 3.05) is 18.1 Å². The minimum atomic E-state index is 0.101. The third-order valence-corrected chi connectivity index (χ3v) is 5.48. The second-order valence-electron chi connectivity index (χ2n) is 4.62. The summed E-state index contributed by atoms with van der Waals surface area (Å²) in [4.78, 5) is 14.0. The molecule has 1 amide bonds. The molecule has 0 atom stereocenters. The van der Waals surface area contributed by atoms with Crippen molar-refractivity contribution in [3.05, 3.63) is 21.4 Å². The van der Waals surface area contributed by atoms with Crippen LogP contribution in [-0.2, 0) is 0 Å². The van der Waals surface area contributed by atoms with Gasteiger partial charge in [-0.1, -0.05) is 0 Å². The van der Waals surface area contributed by atoms with Crippen LogP contribution in [0.25, 0.3) is 0 Å². The Bertz CT molecular complexity index is 375. The topological polar surface area (TPSA) is 29.1 Å². The van der Waals surface area contributed by atoms with E-state index in [1.165, 1.54) is 34.8 Å². The summed E-state index contributed by atoms with van der Waals surface area (Å²) in [5.74, 6) is 3.28. The fourth-order valence-electron chi connectivity index (χ4n) is 1.96. The third kappa shape index (κ3) is 3.49. The number of carbonyl (C=O) groups is 1. The predicted molar refractivity (Wildman–Crippen MR) is 76.2 cm³/mol. The molecule has 0 saturated carbocycles. The van der Waals surface area contributed by atoms with Crippen LogP contribution in [-0.4, -0.2) is 24.0 Å². The zero-order valence-electron chi connectivity index (χ0n) is 10.4. The van der Waals surface area contributed by atoms with Crippen LogP contribution in [0.5, 0.6) is 0 Å². The van der Waals surface area contributed by atoms with E-state index in [1.54, 1.807) is 11.3 Å². The number of amides is 1. The number of thiophene rings is 1. The maximum absolute atomic E-state index is 11.9. The Morgan fingerprint density at radius 3 is 2.71 bits per heavy atom. The van der Waals surface area contributed by atoms with Crippen LogP contribution in [0.4, 0.5) is 0 Å². The zero-order chi connectivity index (χ0) is 12.3. The normalized spacial score (nSPS) is 17.1. The lowest BCUT2D eigenvalue weighted by molar-refractivity contribution is 0.0950. The fraction of sp³-hybridized carbons (Fsp3) is 0.615. The first kappa shape index (κ1) is 13.0. The molecule has 1 aliphatic rings. The van der Waals surface area contributed by atoms with E-state index in [0.717, 1.165) is 11.4 Å². The highest BCUT2D eigenvalue weighted by Gasteiger charge is 2.16. The van der Waals surface area contributed by atoms with Crippen LogP contribution in [0.3, 0.4) is 0 Å². The molecule has 0 spiro atoms. The van der Waals surface area contributed by atoms with Gasteiger partial charge < -0.3 is 5.32 Å². The summed E-state index contributed by atoms with van der Waals surface area (Å²) in [5.41, 5.74) is 1.22. The molecule has 1 fully saturated rings. The standard InChI is InChI=1S/C13H19NOS2/c1-9-7-12(17-10(9)2)13(15)14-8-11-3-5-16-6-4-11/h7,11H,3-6,8H2,1-2H3,(H,14,15). The SMILES string of the molecule is Cc1cc(C(=O)NCC2CCSCC2)sc1C. The lowest BCUT2D eigenvalue weighted by Crippen LogP contribution is -2.30.